The summed E-state index contributed by atoms with van der Waals surface area (Å²) in [5.41, 5.74) is 1.48. The van der Waals surface area contributed by atoms with Crippen LogP contribution < -0.4 is 15.0 Å². The summed E-state index contributed by atoms with van der Waals surface area (Å²) in [6.45, 7) is 6.99. The Bertz CT molecular complexity index is 967. The van der Waals surface area contributed by atoms with Crippen molar-refractivity contribution in [3.05, 3.63) is 47.1 Å². The van der Waals surface area contributed by atoms with Crippen molar-refractivity contribution in [1.29, 1.82) is 0 Å². The highest BCUT2D eigenvalue weighted by molar-refractivity contribution is 6.33. The number of carbonyl (C=O) groups is 1. The summed E-state index contributed by atoms with van der Waals surface area (Å²) in [5.74, 6) is 1.60. The number of halogens is 1. The molecule has 0 bridgehead atoms. The summed E-state index contributed by atoms with van der Waals surface area (Å²) >= 11 is 6.42. The maximum atomic E-state index is 13.2. The van der Waals surface area contributed by atoms with Crippen LogP contribution in [0.2, 0.25) is 5.02 Å². The number of ether oxygens (including phenoxy) is 1. The first-order valence-corrected chi connectivity index (χ1v) is 11.7. The number of fused-ring (bicyclic) bond motifs is 1. The highest BCUT2D eigenvalue weighted by Gasteiger charge is 2.34. The van der Waals surface area contributed by atoms with Gasteiger partial charge in [-0.1, -0.05) is 38.4 Å². The number of aliphatic hydroxyl groups is 1. The van der Waals surface area contributed by atoms with E-state index in [9.17, 15) is 9.90 Å². The Kier molecular flexibility index (Phi) is 6.63. The van der Waals surface area contributed by atoms with E-state index in [1.54, 1.807) is 24.4 Å². The molecule has 172 valence electrons. The first-order chi connectivity index (χ1) is 15.3. The Morgan fingerprint density at radius 1 is 1.22 bits per heavy atom. The van der Waals surface area contributed by atoms with E-state index in [0.717, 1.165) is 25.7 Å². The molecule has 0 unspecified atom stereocenters. The molecule has 2 aromatic rings. The Balaban J connectivity index is 1.57. The molecule has 4 rings (SSSR count). The molecule has 1 atom stereocenters. The molecule has 32 heavy (non-hydrogen) atoms. The SMILES string of the molecule is CC(C)(C)C1CCC(NC(=O)c2cccc3c2OC[C@H](CO)N3c2ncccc2Cl)CC1. The molecule has 1 aliphatic heterocycles. The van der Waals surface area contributed by atoms with Crippen molar-refractivity contribution in [3.8, 4) is 5.75 Å². The molecule has 2 N–H and O–H groups in total. The monoisotopic (exact) mass is 457 g/mol. The van der Waals surface area contributed by atoms with Crippen LogP contribution in [-0.2, 0) is 0 Å². The van der Waals surface area contributed by atoms with Crippen LogP contribution in [0.1, 0.15) is 56.8 Å². The molecule has 2 heterocycles. The number of anilines is 2. The zero-order chi connectivity index (χ0) is 22.9. The minimum absolute atomic E-state index is 0.125. The first kappa shape index (κ1) is 22.9. The van der Waals surface area contributed by atoms with Crippen molar-refractivity contribution in [1.82, 2.24) is 10.3 Å². The zero-order valence-corrected chi connectivity index (χ0v) is 19.7. The highest BCUT2D eigenvalue weighted by atomic mass is 35.5. The number of carbonyl (C=O) groups excluding carboxylic acids is 1. The Hall–Kier alpha value is -2.31. The number of hydrogen-bond donors (Lipinski definition) is 2. The van der Waals surface area contributed by atoms with E-state index < -0.39 is 0 Å². The summed E-state index contributed by atoms with van der Waals surface area (Å²) in [6, 6.07) is 8.84. The zero-order valence-electron chi connectivity index (χ0n) is 19.0. The van der Waals surface area contributed by atoms with Crippen molar-refractivity contribution in [2.45, 2.75) is 58.5 Å². The van der Waals surface area contributed by atoms with Gasteiger partial charge in [-0.3, -0.25) is 4.79 Å². The molecular weight excluding hydrogens is 426 g/mol. The lowest BCUT2D eigenvalue weighted by Crippen LogP contribution is -2.44. The molecule has 6 nitrogen and oxygen atoms in total. The Morgan fingerprint density at radius 3 is 2.62 bits per heavy atom. The van der Waals surface area contributed by atoms with E-state index in [1.807, 2.05) is 17.0 Å². The van der Waals surface area contributed by atoms with Gasteiger partial charge in [-0.25, -0.2) is 4.98 Å². The number of nitrogens with one attached hydrogen (secondary N) is 1. The van der Waals surface area contributed by atoms with E-state index in [2.05, 4.69) is 31.1 Å². The van der Waals surface area contributed by atoms with Gasteiger partial charge in [0.2, 0.25) is 0 Å². The fraction of sp³-hybridized carbons (Fsp3) is 0.520. The highest BCUT2D eigenvalue weighted by Crippen LogP contribution is 2.43. The summed E-state index contributed by atoms with van der Waals surface area (Å²) in [7, 11) is 0. The Morgan fingerprint density at radius 2 is 1.97 bits per heavy atom. The van der Waals surface area contributed by atoms with E-state index >= 15 is 0 Å². The largest absolute Gasteiger partial charge is 0.488 e. The standard InChI is InChI=1S/C25H32ClN3O3/c1-25(2,3)16-9-11-17(12-10-16)28-24(31)19-6-4-8-21-22(19)32-15-18(14-30)29(21)23-20(26)7-5-13-27-23/h4-8,13,16-18,30H,9-12,14-15H2,1-3H3,(H,28,31)/t16?,17?,18-/m0/s1. The summed E-state index contributed by atoms with van der Waals surface area (Å²) < 4.78 is 5.99. The number of rotatable bonds is 4. The van der Waals surface area contributed by atoms with Gasteiger partial charge < -0.3 is 20.1 Å². The van der Waals surface area contributed by atoms with Gasteiger partial charge in [0.1, 0.15) is 6.61 Å². The van der Waals surface area contributed by atoms with Gasteiger partial charge in [0.15, 0.2) is 11.6 Å². The van der Waals surface area contributed by atoms with Crippen LogP contribution in [0.15, 0.2) is 36.5 Å². The predicted octanol–water partition coefficient (Wildman–Crippen LogP) is 4.96. The number of aliphatic hydroxyl groups excluding tert-OH is 1. The molecule has 1 saturated carbocycles. The minimum atomic E-state index is -0.346. The van der Waals surface area contributed by atoms with Gasteiger partial charge in [0, 0.05) is 12.2 Å². The van der Waals surface area contributed by atoms with Crippen LogP contribution in [0.25, 0.3) is 0 Å². The van der Waals surface area contributed by atoms with E-state index in [4.69, 9.17) is 16.3 Å². The third kappa shape index (κ3) is 4.57. The van der Waals surface area contributed by atoms with Crippen LogP contribution in [-0.4, -0.2) is 41.3 Å². The molecule has 2 aliphatic rings. The summed E-state index contributed by atoms with van der Waals surface area (Å²) in [4.78, 5) is 19.5. The van der Waals surface area contributed by atoms with Gasteiger partial charge in [-0.15, -0.1) is 0 Å². The second-order valence-electron chi connectivity index (χ2n) is 9.87. The molecule has 1 fully saturated rings. The number of pyridine rings is 1. The van der Waals surface area contributed by atoms with Crippen molar-refractivity contribution >= 4 is 29.0 Å². The molecular formula is C25H32ClN3O3. The quantitative estimate of drug-likeness (QED) is 0.678. The molecule has 1 amide bonds. The molecule has 0 saturated heterocycles. The van der Waals surface area contributed by atoms with E-state index in [0.29, 0.717) is 39.2 Å². The van der Waals surface area contributed by atoms with Crippen molar-refractivity contribution in [3.63, 3.8) is 0 Å². The van der Waals surface area contributed by atoms with Crippen LogP contribution in [0.5, 0.6) is 5.75 Å². The molecule has 1 aliphatic carbocycles. The maximum absolute atomic E-state index is 13.2. The lowest BCUT2D eigenvalue weighted by molar-refractivity contribution is 0.0898. The molecule has 1 aromatic carbocycles. The molecule has 7 heteroatoms. The van der Waals surface area contributed by atoms with Crippen LogP contribution in [0.3, 0.4) is 0 Å². The smallest absolute Gasteiger partial charge is 0.255 e. The minimum Gasteiger partial charge on any atom is -0.488 e. The fourth-order valence-electron chi connectivity index (χ4n) is 4.84. The number of hydrogen-bond acceptors (Lipinski definition) is 5. The predicted molar refractivity (Wildman–Crippen MR) is 127 cm³/mol. The van der Waals surface area contributed by atoms with Gasteiger partial charge in [-0.05, 0) is 61.3 Å². The maximum Gasteiger partial charge on any atom is 0.255 e. The average molecular weight is 458 g/mol. The fourth-order valence-corrected chi connectivity index (χ4v) is 5.05. The van der Waals surface area contributed by atoms with Gasteiger partial charge in [0.05, 0.1) is 28.9 Å². The average Bonchev–Trinajstić information content (AvgIpc) is 2.78. The topological polar surface area (TPSA) is 74.7 Å². The summed E-state index contributed by atoms with van der Waals surface area (Å²) in [5, 5.41) is 13.6. The first-order valence-electron chi connectivity index (χ1n) is 11.4. The van der Waals surface area contributed by atoms with Gasteiger partial charge in [0.25, 0.3) is 5.91 Å². The lowest BCUT2D eigenvalue weighted by Gasteiger charge is -2.38. The number of nitrogens with zero attached hydrogens (tertiary/aromatic N) is 2. The normalized spacial score (nSPS) is 23.3. The third-order valence-electron chi connectivity index (χ3n) is 6.75. The summed E-state index contributed by atoms with van der Waals surface area (Å²) in [6.07, 6.45) is 5.90. The number of aromatic nitrogens is 1. The van der Waals surface area contributed by atoms with Crippen LogP contribution in [0, 0.1) is 11.3 Å². The second-order valence-corrected chi connectivity index (χ2v) is 10.3. The van der Waals surface area contributed by atoms with Gasteiger partial charge in [-0.2, -0.15) is 0 Å². The van der Waals surface area contributed by atoms with Crippen molar-refractivity contribution in [2.75, 3.05) is 18.1 Å². The number of amides is 1. The third-order valence-corrected chi connectivity index (χ3v) is 7.04. The van der Waals surface area contributed by atoms with Crippen LogP contribution >= 0.6 is 11.6 Å². The lowest BCUT2D eigenvalue weighted by atomic mass is 9.71. The van der Waals surface area contributed by atoms with E-state index in [-0.39, 0.29) is 31.2 Å². The molecule has 0 spiro atoms. The number of benzene rings is 1. The molecule has 0 radical (unpaired) electrons. The second kappa shape index (κ2) is 9.28. The van der Waals surface area contributed by atoms with Crippen LogP contribution in [0.4, 0.5) is 11.5 Å². The van der Waals surface area contributed by atoms with Gasteiger partial charge >= 0.3 is 0 Å². The van der Waals surface area contributed by atoms with E-state index in [1.165, 1.54) is 0 Å². The molecule has 1 aromatic heterocycles. The Labute approximate surface area is 194 Å². The van der Waals surface area contributed by atoms with Crippen molar-refractivity contribution in [2.24, 2.45) is 11.3 Å². The van der Waals surface area contributed by atoms with Crippen molar-refractivity contribution < 1.29 is 14.6 Å². The number of para-hydroxylation sites is 1.